The third kappa shape index (κ3) is 7.21. The van der Waals surface area contributed by atoms with Gasteiger partial charge < -0.3 is 24.6 Å². The van der Waals surface area contributed by atoms with Crippen molar-refractivity contribution in [2.24, 2.45) is 10.9 Å². The number of ether oxygens (including phenoxy) is 2. The SMILES string of the molecule is CCOC(=O)NC(=NC(CC(C)C)C(=O)N(C(C)c1ccccc1)C1(C#N)CCNC1)N1CCOCC1. The van der Waals surface area contributed by atoms with Crippen LogP contribution in [0.5, 0.6) is 0 Å². The topological polar surface area (TPSA) is 119 Å². The average Bonchev–Trinajstić information content (AvgIpc) is 3.38. The van der Waals surface area contributed by atoms with Crippen LogP contribution in [0.1, 0.15) is 52.1 Å². The number of hydrogen-bond donors (Lipinski definition) is 2. The van der Waals surface area contributed by atoms with E-state index in [0.717, 1.165) is 5.56 Å². The van der Waals surface area contributed by atoms with Crippen molar-refractivity contribution in [1.29, 1.82) is 5.26 Å². The second-order valence-corrected chi connectivity index (χ2v) is 9.91. The number of carbonyl (C=O) groups is 2. The number of carbonyl (C=O) groups excluding carboxylic acids is 2. The van der Waals surface area contributed by atoms with E-state index in [0.29, 0.717) is 58.2 Å². The van der Waals surface area contributed by atoms with E-state index in [9.17, 15) is 14.9 Å². The van der Waals surface area contributed by atoms with Gasteiger partial charge in [-0.3, -0.25) is 10.1 Å². The number of guanidine groups is 1. The van der Waals surface area contributed by atoms with Gasteiger partial charge in [-0.15, -0.1) is 0 Å². The van der Waals surface area contributed by atoms with E-state index in [4.69, 9.17) is 14.5 Å². The summed E-state index contributed by atoms with van der Waals surface area (Å²) in [6.45, 7) is 11.1. The van der Waals surface area contributed by atoms with Gasteiger partial charge in [-0.05, 0) is 44.7 Å². The molecular formula is C27H40N6O4. The molecular weight excluding hydrogens is 472 g/mol. The Morgan fingerprint density at radius 2 is 1.97 bits per heavy atom. The Kier molecular flexibility index (Phi) is 10.3. The molecule has 0 aromatic heterocycles. The molecule has 0 spiro atoms. The maximum Gasteiger partial charge on any atom is 0.413 e. The maximum atomic E-state index is 14.4. The molecule has 0 saturated carbocycles. The van der Waals surface area contributed by atoms with E-state index < -0.39 is 17.7 Å². The molecule has 0 bridgehead atoms. The van der Waals surface area contributed by atoms with E-state index in [-0.39, 0.29) is 24.5 Å². The summed E-state index contributed by atoms with van der Waals surface area (Å²) >= 11 is 0. The number of hydrogen-bond acceptors (Lipinski definition) is 7. The number of aliphatic imine (C=N–C) groups is 1. The highest BCUT2D eigenvalue weighted by atomic mass is 16.5. The molecule has 2 amide bonds. The van der Waals surface area contributed by atoms with E-state index in [1.54, 1.807) is 11.8 Å². The Balaban J connectivity index is 2.05. The van der Waals surface area contributed by atoms with Crippen molar-refractivity contribution in [1.82, 2.24) is 20.4 Å². The molecule has 3 unspecified atom stereocenters. The molecule has 10 heteroatoms. The first-order valence-corrected chi connectivity index (χ1v) is 13.2. The molecule has 0 radical (unpaired) electrons. The number of rotatable bonds is 8. The quantitative estimate of drug-likeness (QED) is 0.406. The van der Waals surface area contributed by atoms with Gasteiger partial charge in [0.05, 0.1) is 31.9 Å². The van der Waals surface area contributed by atoms with Crippen LogP contribution >= 0.6 is 0 Å². The molecule has 0 aliphatic carbocycles. The molecule has 37 heavy (non-hydrogen) atoms. The standard InChI is InChI=1S/C27H40N6O4/c1-5-37-26(35)31-25(32-13-15-36-16-14-32)30-23(17-20(2)3)24(34)33(27(18-28)11-12-29-19-27)21(4)22-9-7-6-8-10-22/h6-10,20-21,23,29H,5,11-17,19H2,1-4H3,(H,30,31,35). The summed E-state index contributed by atoms with van der Waals surface area (Å²) in [5.41, 5.74) is -0.0483. The van der Waals surface area contributed by atoms with E-state index in [1.807, 2.05) is 56.0 Å². The van der Waals surface area contributed by atoms with Crippen LogP contribution < -0.4 is 10.6 Å². The molecule has 10 nitrogen and oxygen atoms in total. The highest BCUT2D eigenvalue weighted by Gasteiger charge is 2.47. The molecule has 2 fully saturated rings. The summed E-state index contributed by atoms with van der Waals surface area (Å²) in [5, 5.41) is 16.4. The first-order chi connectivity index (χ1) is 17.8. The number of amides is 2. The van der Waals surface area contributed by atoms with Crippen LogP contribution in [0.3, 0.4) is 0 Å². The molecule has 3 atom stereocenters. The lowest BCUT2D eigenvalue weighted by molar-refractivity contribution is -0.140. The van der Waals surface area contributed by atoms with E-state index in [1.165, 1.54) is 0 Å². The minimum Gasteiger partial charge on any atom is -0.450 e. The van der Waals surface area contributed by atoms with Crippen molar-refractivity contribution in [3.05, 3.63) is 35.9 Å². The summed E-state index contributed by atoms with van der Waals surface area (Å²) in [7, 11) is 0. The minimum absolute atomic E-state index is 0.153. The summed E-state index contributed by atoms with van der Waals surface area (Å²) in [5.74, 6) is 0.218. The van der Waals surface area contributed by atoms with Crippen LogP contribution in [0, 0.1) is 17.2 Å². The highest BCUT2D eigenvalue weighted by Crippen LogP contribution is 2.34. The predicted molar refractivity (Wildman–Crippen MR) is 141 cm³/mol. The highest BCUT2D eigenvalue weighted by molar-refractivity contribution is 5.96. The van der Waals surface area contributed by atoms with Gasteiger partial charge in [0, 0.05) is 19.6 Å². The Morgan fingerprint density at radius 1 is 1.27 bits per heavy atom. The molecule has 2 heterocycles. The Morgan fingerprint density at radius 3 is 2.54 bits per heavy atom. The molecule has 1 aromatic carbocycles. The Bertz CT molecular complexity index is 965. The van der Waals surface area contributed by atoms with E-state index >= 15 is 0 Å². The second-order valence-electron chi connectivity index (χ2n) is 9.91. The first-order valence-electron chi connectivity index (χ1n) is 13.2. The largest absolute Gasteiger partial charge is 0.450 e. The maximum absolute atomic E-state index is 14.4. The third-order valence-electron chi connectivity index (χ3n) is 6.77. The van der Waals surface area contributed by atoms with E-state index in [2.05, 4.69) is 16.7 Å². The lowest BCUT2D eigenvalue weighted by Crippen LogP contribution is -2.57. The number of nitrogens with one attached hydrogen (secondary N) is 2. The zero-order chi connectivity index (χ0) is 26.8. The zero-order valence-corrected chi connectivity index (χ0v) is 22.4. The normalized spacial score (nSPS) is 21.7. The van der Waals surface area contributed by atoms with Crippen molar-refractivity contribution >= 4 is 18.0 Å². The molecule has 202 valence electrons. The monoisotopic (exact) mass is 512 g/mol. The summed E-state index contributed by atoms with van der Waals surface area (Å²) in [6.07, 6.45) is 0.373. The van der Waals surface area contributed by atoms with Crippen molar-refractivity contribution in [3.8, 4) is 6.07 Å². The summed E-state index contributed by atoms with van der Waals surface area (Å²) in [4.78, 5) is 35.3. The Hall–Kier alpha value is -3.16. The fourth-order valence-corrected chi connectivity index (χ4v) is 4.88. The van der Waals surface area contributed by atoms with Crippen molar-refractivity contribution < 1.29 is 19.1 Å². The molecule has 2 saturated heterocycles. The average molecular weight is 513 g/mol. The minimum atomic E-state index is -0.995. The van der Waals surface area contributed by atoms with Gasteiger partial charge in [0.15, 0.2) is 0 Å². The second kappa shape index (κ2) is 13.4. The summed E-state index contributed by atoms with van der Waals surface area (Å²) in [6, 6.07) is 11.1. The number of nitriles is 1. The zero-order valence-electron chi connectivity index (χ0n) is 22.4. The van der Waals surface area contributed by atoms with Crippen molar-refractivity contribution in [3.63, 3.8) is 0 Å². The van der Waals surface area contributed by atoms with Crippen LogP contribution in [-0.4, -0.2) is 85.3 Å². The lowest BCUT2D eigenvalue weighted by Gasteiger charge is -2.42. The Labute approximate surface area is 220 Å². The third-order valence-corrected chi connectivity index (χ3v) is 6.77. The molecule has 3 rings (SSSR count). The van der Waals surface area contributed by atoms with Crippen LogP contribution in [-0.2, 0) is 14.3 Å². The van der Waals surface area contributed by atoms with Crippen LogP contribution in [0.15, 0.2) is 35.3 Å². The smallest absolute Gasteiger partial charge is 0.413 e. The van der Waals surface area contributed by atoms with Crippen molar-refractivity contribution in [2.75, 3.05) is 46.0 Å². The number of benzene rings is 1. The van der Waals surface area contributed by atoms with Gasteiger partial charge >= 0.3 is 6.09 Å². The van der Waals surface area contributed by atoms with Gasteiger partial charge in [0.25, 0.3) is 0 Å². The van der Waals surface area contributed by atoms with Crippen molar-refractivity contribution in [2.45, 2.75) is 58.2 Å². The van der Waals surface area contributed by atoms with Crippen LogP contribution in [0.4, 0.5) is 4.79 Å². The van der Waals surface area contributed by atoms with Gasteiger partial charge in [0.1, 0.15) is 11.6 Å². The van der Waals surface area contributed by atoms with Gasteiger partial charge in [-0.2, -0.15) is 5.26 Å². The lowest BCUT2D eigenvalue weighted by atomic mass is 9.91. The molecule has 1 aromatic rings. The summed E-state index contributed by atoms with van der Waals surface area (Å²) < 4.78 is 10.6. The fraction of sp³-hybridized carbons (Fsp3) is 0.630. The van der Waals surface area contributed by atoms with Crippen LogP contribution in [0.25, 0.3) is 0 Å². The molecule has 2 aliphatic rings. The molecule has 2 N–H and O–H groups in total. The molecule has 2 aliphatic heterocycles. The number of nitrogens with zero attached hydrogens (tertiary/aromatic N) is 4. The van der Waals surface area contributed by atoms with Gasteiger partial charge in [-0.1, -0.05) is 44.2 Å². The number of morpholine rings is 1. The predicted octanol–water partition coefficient (Wildman–Crippen LogP) is 2.68. The first kappa shape index (κ1) is 28.4. The van der Waals surface area contributed by atoms with Crippen LogP contribution in [0.2, 0.25) is 0 Å². The fourth-order valence-electron chi connectivity index (χ4n) is 4.88. The van der Waals surface area contributed by atoms with Gasteiger partial charge in [-0.25, -0.2) is 9.79 Å². The number of alkyl carbamates (subject to hydrolysis) is 1. The van der Waals surface area contributed by atoms with Gasteiger partial charge in [0.2, 0.25) is 11.9 Å².